The highest BCUT2D eigenvalue weighted by molar-refractivity contribution is 5.80. The van der Waals surface area contributed by atoms with E-state index in [1.54, 1.807) is 14.0 Å². The second kappa shape index (κ2) is 8.67. The highest BCUT2D eigenvalue weighted by Crippen LogP contribution is 2.14. The van der Waals surface area contributed by atoms with Crippen molar-refractivity contribution in [1.29, 1.82) is 0 Å². The van der Waals surface area contributed by atoms with Crippen LogP contribution >= 0.6 is 0 Å². The number of benzene rings is 1. The van der Waals surface area contributed by atoms with Crippen LogP contribution in [-0.4, -0.2) is 43.7 Å². The fourth-order valence-electron chi connectivity index (χ4n) is 2.06. The number of methoxy groups -OCH3 is 1. The Balaban J connectivity index is 2.65. The Morgan fingerprint density at radius 3 is 2.33 bits per heavy atom. The van der Waals surface area contributed by atoms with Gasteiger partial charge in [-0.2, -0.15) is 0 Å². The lowest BCUT2D eigenvalue weighted by molar-refractivity contribution is -0.139. The van der Waals surface area contributed by atoms with Crippen molar-refractivity contribution in [3.8, 4) is 5.75 Å². The lowest BCUT2D eigenvalue weighted by atomic mass is 10.2. The number of ether oxygens (including phenoxy) is 2. The minimum atomic E-state index is -0.497. The summed E-state index contributed by atoms with van der Waals surface area (Å²) >= 11 is 0. The van der Waals surface area contributed by atoms with Crippen LogP contribution in [0.25, 0.3) is 0 Å². The first-order chi connectivity index (χ1) is 9.93. The lowest BCUT2D eigenvalue weighted by Crippen LogP contribution is -2.43. The molecule has 0 aliphatic carbocycles. The molecule has 0 bridgehead atoms. The smallest absolute Gasteiger partial charge is 0.263 e. The van der Waals surface area contributed by atoms with Crippen LogP contribution in [0.2, 0.25) is 0 Å². The van der Waals surface area contributed by atoms with E-state index < -0.39 is 6.10 Å². The summed E-state index contributed by atoms with van der Waals surface area (Å²) in [7, 11) is 1.64. The number of carbonyl (C=O) groups excluding carboxylic acids is 1. The topological polar surface area (TPSA) is 38.8 Å². The van der Waals surface area contributed by atoms with Gasteiger partial charge in [0.1, 0.15) is 5.75 Å². The molecule has 1 unspecified atom stereocenters. The van der Waals surface area contributed by atoms with Gasteiger partial charge in [-0.1, -0.05) is 31.5 Å². The lowest BCUT2D eigenvalue weighted by Gasteiger charge is -2.27. The van der Waals surface area contributed by atoms with Gasteiger partial charge < -0.3 is 14.4 Å². The maximum Gasteiger partial charge on any atom is 0.263 e. The zero-order chi connectivity index (χ0) is 15.8. The van der Waals surface area contributed by atoms with E-state index in [-0.39, 0.29) is 5.91 Å². The Hall–Kier alpha value is -1.55. The molecule has 0 heterocycles. The Labute approximate surface area is 128 Å². The molecule has 0 N–H and O–H groups in total. The van der Waals surface area contributed by atoms with E-state index in [1.807, 2.05) is 36.1 Å². The molecule has 1 rings (SSSR count). The van der Waals surface area contributed by atoms with Gasteiger partial charge in [0.2, 0.25) is 0 Å². The first-order valence-electron chi connectivity index (χ1n) is 7.45. The van der Waals surface area contributed by atoms with Gasteiger partial charge in [-0.25, -0.2) is 0 Å². The van der Waals surface area contributed by atoms with Gasteiger partial charge in [0.15, 0.2) is 6.10 Å². The number of nitrogens with zero attached hydrogens (tertiary/aromatic N) is 1. The summed E-state index contributed by atoms with van der Waals surface area (Å²) < 4.78 is 10.8. The van der Waals surface area contributed by atoms with Gasteiger partial charge in [-0.3, -0.25) is 4.79 Å². The fourth-order valence-corrected chi connectivity index (χ4v) is 2.06. The summed E-state index contributed by atoms with van der Waals surface area (Å²) in [4.78, 5) is 14.3. The molecule has 1 aromatic rings. The van der Waals surface area contributed by atoms with Crippen molar-refractivity contribution in [2.75, 3.05) is 26.8 Å². The molecule has 0 spiro atoms. The summed E-state index contributed by atoms with van der Waals surface area (Å²) in [5, 5.41) is 0. The van der Waals surface area contributed by atoms with E-state index in [0.29, 0.717) is 25.6 Å². The van der Waals surface area contributed by atoms with Gasteiger partial charge in [0.05, 0.1) is 6.61 Å². The number of rotatable bonds is 8. The molecule has 4 heteroatoms. The summed E-state index contributed by atoms with van der Waals surface area (Å²) in [5.74, 6) is 1.14. The zero-order valence-electron chi connectivity index (χ0n) is 13.8. The predicted molar refractivity (Wildman–Crippen MR) is 84.6 cm³/mol. The summed E-state index contributed by atoms with van der Waals surface area (Å²) in [6.45, 7) is 9.85. The van der Waals surface area contributed by atoms with E-state index in [1.165, 1.54) is 5.56 Å². The molecule has 0 radical (unpaired) electrons. The average Bonchev–Trinajstić information content (AvgIpc) is 2.44. The molecule has 4 nitrogen and oxygen atoms in total. The molecule has 118 valence electrons. The zero-order valence-corrected chi connectivity index (χ0v) is 13.8. The van der Waals surface area contributed by atoms with Crippen LogP contribution in [0.4, 0.5) is 0 Å². The van der Waals surface area contributed by atoms with Gasteiger partial charge in [-0.05, 0) is 31.9 Å². The van der Waals surface area contributed by atoms with Crippen LogP contribution in [0, 0.1) is 12.8 Å². The maximum atomic E-state index is 12.5. The average molecular weight is 293 g/mol. The quantitative estimate of drug-likeness (QED) is 0.740. The monoisotopic (exact) mass is 293 g/mol. The SMILES string of the molecule is COCCN(CC(C)C)C(=O)C(C)Oc1ccc(C)cc1. The first-order valence-corrected chi connectivity index (χ1v) is 7.45. The van der Waals surface area contributed by atoms with Crippen molar-refractivity contribution < 1.29 is 14.3 Å². The van der Waals surface area contributed by atoms with Crippen molar-refractivity contribution in [2.45, 2.75) is 33.8 Å². The molecule has 0 aliphatic heterocycles. The van der Waals surface area contributed by atoms with Crippen molar-refractivity contribution >= 4 is 5.91 Å². The van der Waals surface area contributed by atoms with Crippen molar-refractivity contribution in [3.05, 3.63) is 29.8 Å². The van der Waals surface area contributed by atoms with Crippen LogP contribution in [0.3, 0.4) is 0 Å². The molecule has 1 amide bonds. The molecular formula is C17H27NO3. The third-order valence-corrected chi connectivity index (χ3v) is 3.14. The van der Waals surface area contributed by atoms with E-state index >= 15 is 0 Å². The van der Waals surface area contributed by atoms with Crippen LogP contribution in [0.1, 0.15) is 26.3 Å². The van der Waals surface area contributed by atoms with Gasteiger partial charge >= 0.3 is 0 Å². The number of hydrogen-bond donors (Lipinski definition) is 0. The molecule has 1 aromatic carbocycles. The maximum absolute atomic E-state index is 12.5. The predicted octanol–water partition coefficient (Wildman–Crippen LogP) is 2.89. The number of aryl methyl sites for hydroxylation is 1. The minimum Gasteiger partial charge on any atom is -0.481 e. The summed E-state index contributed by atoms with van der Waals surface area (Å²) in [6, 6.07) is 7.73. The second-order valence-corrected chi connectivity index (χ2v) is 5.74. The Kier molecular flexibility index (Phi) is 7.23. The van der Waals surface area contributed by atoms with Crippen LogP contribution in [0.15, 0.2) is 24.3 Å². The molecule has 1 atom stereocenters. The Morgan fingerprint density at radius 2 is 1.81 bits per heavy atom. The van der Waals surface area contributed by atoms with E-state index in [9.17, 15) is 4.79 Å². The van der Waals surface area contributed by atoms with Crippen LogP contribution in [-0.2, 0) is 9.53 Å². The molecule has 21 heavy (non-hydrogen) atoms. The molecule has 0 saturated heterocycles. The van der Waals surface area contributed by atoms with Crippen LogP contribution < -0.4 is 4.74 Å². The normalized spacial score (nSPS) is 12.3. The van der Waals surface area contributed by atoms with Gasteiger partial charge in [0, 0.05) is 20.2 Å². The highest BCUT2D eigenvalue weighted by Gasteiger charge is 2.22. The van der Waals surface area contributed by atoms with Crippen molar-refractivity contribution in [1.82, 2.24) is 4.90 Å². The van der Waals surface area contributed by atoms with Crippen molar-refractivity contribution in [3.63, 3.8) is 0 Å². The van der Waals surface area contributed by atoms with Gasteiger partial charge in [0.25, 0.3) is 5.91 Å². The minimum absolute atomic E-state index is 0.00123. The van der Waals surface area contributed by atoms with Crippen molar-refractivity contribution in [2.24, 2.45) is 5.92 Å². The Morgan fingerprint density at radius 1 is 1.19 bits per heavy atom. The standard InChI is InChI=1S/C17H27NO3/c1-13(2)12-18(10-11-20-5)17(19)15(4)21-16-8-6-14(3)7-9-16/h6-9,13,15H,10-12H2,1-5H3. The largest absolute Gasteiger partial charge is 0.481 e. The van der Waals surface area contributed by atoms with E-state index in [2.05, 4.69) is 13.8 Å². The molecule has 0 aromatic heterocycles. The Bertz CT molecular complexity index is 428. The molecular weight excluding hydrogens is 266 g/mol. The molecule has 0 fully saturated rings. The second-order valence-electron chi connectivity index (χ2n) is 5.74. The third kappa shape index (κ3) is 6.17. The van der Waals surface area contributed by atoms with E-state index in [0.717, 1.165) is 5.75 Å². The molecule has 0 aliphatic rings. The molecule has 0 saturated carbocycles. The number of amides is 1. The first kappa shape index (κ1) is 17.5. The third-order valence-electron chi connectivity index (χ3n) is 3.14. The summed E-state index contributed by atoms with van der Waals surface area (Å²) in [6.07, 6.45) is -0.497. The fraction of sp³-hybridized carbons (Fsp3) is 0.588. The number of carbonyl (C=O) groups is 1. The van der Waals surface area contributed by atoms with Gasteiger partial charge in [-0.15, -0.1) is 0 Å². The van der Waals surface area contributed by atoms with E-state index in [4.69, 9.17) is 9.47 Å². The summed E-state index contributed by atoms with van der Waals surface area (Å²) in [5.41, 5.74) is 1.17. The van der Waals surface area contributed by atoms with Crippen LogP contribution in [0.5, 0.6) is 5.75 Å². The number of hydrogen-bond acceptors (Lipinski definition) is 3. The highest BCUT2D eigenvalue weighted by atomic mass is 16.5.